The summed E-state index contributed by atoms with van der Waals surface area (Å²) >= 11 is 3.45. The van der Waals surface area contributed by atoms with Crippen LogP contribution in [0.3, 0.4) is 0 Å². The Morgan fingerprint density at radius 3 is 2.15 bits per heavy atom. The van der Waals surface area contributed by atoms with Gasteiger partial charge in [-0.15, -0.1) is 0 Å². The average molecular weight is 420 g/mol. The van der Waals surface area contributed by atoms with Crippen molar-refractivity contribution >= 4 is 21.8 Å². The van der Waals surface area contributed by atoms with Crippen molar-refractivity contribution < 1.29 is 14.3 Å². The fourth-order valence-corrected chi connectivity index (χ4v) is 2.82. The van der Waals surface area contributed by atoms with Gasteiger partial charge in [0.2, 0.25) is 0 Å². The van der Waals surface area contributed by atoms with Crippen LogP contribution in [0.25, 0.3) is 0 Å². The fraction of sp³-hybridized carbons (Fsp3) is 0.381. The van der Waals surface area contributed by atoms with Gasteiger partial charge in [-0.05, 0) is 60.7 Å². The third-order valence-electron chi connectivity index (χ3n) is 3.86. The van der Waals surface area contributed by atoms with Gasteiger partial charge in [0.05, 0.1) is 6.61 Å². The average Bonchev–Trinajstić information content (AvgIpc) is 2.61. The third kappa shape index (κ3) is 7.08. The standard InChI is InChI=1S/C21H26BrNO3/c1-4-25-18-9-11-19(12-10-18)26-14-20(24)23-15-21(2,3)13-16-5-7-17(22)8-6-16/h5-12H,4,13-15H2,1-3H3,(H,23,24). The first kappa shape index (κ1) is 20.3. The van der Waals surface area contributed by atoms with Crippen LogP contribution in [0.1, 0.15) is 26.3 Å². The van der Waals surface area contributed by atoms with Crippen LogP contribution in [0.4, 0.5) is 0 Å². The van der Waals surface area contributed by atoms with E-state index in [1.807, 2.05) is 31.2 Å². The number of amides is 1. The number of hydrogen-bond donors (Lipinski definition) is 1. The molecule has 2 rings (SSSR count). The molecule has 0 atom stereocenters. The minimum Gasteiger partial charge on any atom is -0.494 e. The van der Waals surface area contributed by atoms with E-state index < -0.39 is 0 Å². The van der Waals surface area contributed by atoms with E-state index in [0.717, 1.165) is 16.6 Å². The number of hydrogen-bond acceptors (Lipinski definition) is 3. The molecular weight excluding hydrogens is 394 g/mol. The van der Waals surface area contributed by atoms with E-state index in [0.29, 0.717) is 18.9 Å². The Morgan fingerprint density at radius 2 is 1.58 bits per heavy atom. The maximum absolute atomic E-state index is 12.1. The molecule has 0 spiro atoms. The van der Waals surface area contributed by atoms with E-state index in [2.05, 4.69) is 47.2 Å². The zero-order valence-electron chi connectivity index (χ0n) is 15.5. The van der Waals surface area contributed by atoms with Crippen LogP contribution in [-0.2, 0) is 11.2 Å². The van der Waals surface area contributed by atoms with Crippen molar-refractivity contribution in [1.82, 2.24) is 5.32 Å². The highest BCUT2D eigenvalue weighted by atomic mass is 79.9. The molecule has 2 aromatic carbocycles. The van der Waals surface area contributed by atoms with Gasteiger partial charge >= 0.3 is 0 Å². The minimum absolute atomic E-state index is 0.00233. The monoisotopic (exact) mass is 419 g/mol. The van der Waals surface area contributed by atoms with Crippen molar-refractivity contribution in [1.29, 1.82) is 0 Å². The van der Waals surface area contributed by atoms with Gasteiger partial charge in [-0.25, -0.2) is 0 Å². The van der Waals surface area contributed by atoms with Crippen molar-refractivity contribution in [2.45, 2.75) is 27.2 Å². The molecule has 0 radical (unpaired) electrons. The first-order valence-corrected chi connectivity index (χ1v) is 9.54. The Morgan fingerprint density at radius 1 is 1.00 bits per heavy atom. The van der Waals surface area contributed by atoms with Crippen molar-refractivity contribution in [3.05, 3.63) is 58.6 Å². The Hall–Kier alpha value is -2.01. The molecule has 0 bridgehead atoms. The molecule has 0 heterocycles. The van der Waals surface area contributed by atoms with Gasteiger partial charge in [0.15, 0.2) is 6.61 Å². The Bertz CT molecular complexity index is 696. The first-order chi connectivity index (χ1) is 12.4. The van der Waals surface area contributed by atoms with Crippen molar-refractivity contribution in [3.8, 4) is 11.5 Å². The maximum atomic E-state index is 12.1. The number of halogens is 1. The normalized spacial score (nSPS) is 11.1. The van der Waals surface area contributed by atoms with Gasteiger partial charge < -0.3 is 14.8 Å². The molecule has 0 aliphatic heterocycles. The molecular formula is C21H26BrNO3. The number of rotatable bonds is 9. The summed E-state index contributed by atoms with van der Waals surface area (Å²) in [5.41, 5.74) is 1.21. The van der Waals surface area contributed by atoms with E-state index in [4.69, 9.17) is 9.47 Å². The minimum atomic E-state index is -0.122. The summed E-state index contributed by atoms with van der Waals surface area (Å²) in [4.78, 5) is 12.1. The number of benzene rings is 2. The Labute approximate surface area is 164 Å². The van der Waals surface area contributed by atoms with E-state index in [1.54, 1.807) is 12.1 Å². The summed E-state index contributed by atoms with van der Waals surface area (Å²) in [6.07, 6.45) is 0.889. The molecule has 1 N–H and O–H groups in total. The lowest BCUT2D eigenvalue weighted by atomic mass is 9.85. The zero-order valence-corrected chi connectivity index (χ0v) is 17.1. The van der Waals surface area contributed by atoms with Gasteiger partial charge in [-0.2, -0.15) is 0 Å². The fourth-order valence-electron chi connectivity index (χ4n) is 2.55. The smallest absolute Gasteiger partial charge is 0.257 e. The topological polar surface area (TPSA) is 47.6 Å². The number of carbonyl (C=O) groups excluding carboxylic acids is 1. The van der Waals surface area contributed by atoms with Crippen LogP contribution in [0, 0.1) is 5.41 Å². The molecule has 0 fully saturated rings. The zero-order chi connectivity index (χ0) is 19.0. The lowest BCUT2D eigenvalue weighted by molar-refractivity contribution is -0.123. The van der Waals surface area contributed by atoms with Gasteiger partial charge in [0, 0.05) is 11.0 Å². The lowest BCUT2D eigenvalue weighted by Gasteiger charge is -2.25. The Balaban J connectivity index is 1.75. The van der Waals surface area contributed by atoms with Gasteiger partial charge in [0.25, 0.3) is 5.91 Å². The molecule has 5 heteroatoms. The second-order valence-electron chi connectivity index (χ2n) is 6.94. The summed E-state index contributed by atoms with van der Waals surface area (Å²) in [6, 6.07) is 15.5. The number of ether oxygens (including phenoxy) is 2. The SMILES string of the molecule is CCOc1ccc(OCC(=O)NCC(C)(C)Cc2ccc(Br)cc2)cc1. The summed E-state index contributed by atoms with van der Waals surface area (Å²) in [5.74, 6) is 1.32. The second kappa shape index (κ2) is 9.62. The molecule has 140 valence electrons. The molecule has 0 saturated carbocycles. The highest BCUT2D eigenvalue weighted by Crippen LogP contribution is 2.22. The van der Waals surface area contributed by atoms with Crippen LogP contribution < -0.4 is 14.8 Å². The number of carbonyl (C=O) groups is 1. The predicted octanol–water partition coefficient (Wildman–Crippen LogP) is 4.61. The second-order valence-corrected chi connectivity index (χ2v) is 7.85. The largest absolute Gasteiger partial charge is 0.494 e. The molecule has 4 nitrogen and oxygen atoms in total. The van der Waals surface area contributed by atoms with Crippen LogP contribution in [0.5, 0.6) is 11.5 Å². The van der Waals surface area contributed by atoms with E-state index in [1.165, 1.54) is 5.56 Å². The molecule has 0 aliphatic rings. The van der Waals surface area contributed by atoms with Crippen LogP contribution in [0.15, 0.2) is 53.0 Å². The van der Waals surface area contributed by atoms with Gasteiger partial charge in [0.1, 0.15) is 11.5 Å². The molecule has 0 saturated heterocycles. The van der Waals surface area contributed by atoms with Crippen LogP contribution >= 0.6 is 15.9 Å². The highest BCUT2D eigenvalue weighted by Gasteiger charge is 2.19. The van der Waals surface area contributed by atoms with Crippen molar-refractivity contribution in [2.24, 2.45) is 5.41 Å². The molecule has 0 unspecified atom stereocenters. The van der Waals surface area contributed by atoms with Crippen molar-refractivity contribution in [3.63, 3.8) is 0 Å². The van der Waals surface area contributed by atoms with Gasteiger partial charge in [-0.3, -0.25) is 4.79 Å². The van der Waals surface area contributed by atoms with E-state index in [9.17, 15) is 4.79 Å². The molecule has 1 amide bonds. The maximum Gasteiger partial charge on any atom is 0.257 e. The highest BCUT2D eigenvalue weighted by molar-refractivity contribution is 9.10. The van der Waals surface area contributed by atoms with E-state index in [-0.39, 0.29) is 17.9 Å². The van der Waals surface area contributed by atoms with E-state index >= 15 is 0 Å². The van der Waals surface area contributed by atoms with Gasteiger partial charge in [-0.1, -0.05) is 41.9 Å². The lowest BCUT2D eigenvalue weighted by Crippen LogP contribution is -2.37. The van der Waals surface area contributed by atoms with Crippen LogP contribution in [0.2, 0.25) is 0 Å². The third-order valence-corrected chi connectivity index (χ3v) is 4.39. The quantitative estimate of drug-likeness (QED) is 0.645. The molecule has 0 aliphatic carbocycles. The molecule has 0 aromatic heterocycles. The predicted molar refractivity (Wildman–Crippen MR) is 108 cm³/mol. The molecule has 2 aromatic rings. The summed E-state index contributed by atoms with van der Waals surface area (Å²) in [5, 5.41) is 2.96. The summed E-state index contributed by atoms with van der Waals surface area (Å²) in [6.45, 7) is 7.44. The Kier molecular flexibility index (Phi) is 7.51. The number of nitrogens with one attached hydrogen (secondary N) is 1. The van der Waals surface area contributed by atoms with Crippen molar-refractivity contribution in [2.75, 3.05) is 19.8 Å². The van der Waals surface area contributed by atoms with Crippen LogP contribution in [-0.4, -0.2) is 25.7 Å². The molecule has 26 heavy (non-hydrogen) atoms. The summed E-state index contributed by atoms with van der Waals surface area (Å²) < 4.78 is 12.0. The summed E-state index contributed by atoms with van der Waals surface area (Å²) in [7, 11) is 0. The first-order valence-electron chi connectivity index (χ1n) is 8.75.